The fourth-order valence-corrected chi connectivity index (χ4v) is 1.65. The molecule has 22 heavy (non-hydrogen) atoms. The maximum Gasteiger partial charge on any atom is 0.314 e. The Kier molecular flexibility index (Phi) is 7.08. The lowest BCUT2D eigenvalue weighted by molar-refractivity contribution is -0.145. The van der Waals surface area contributed by atoms with Crippen molar-refractivity contribution in [3.05, 3.63) is 29.8 Å². The van der Waals surface area contributed by atoms with Crippen LogP contribution in [-0.4, -0.2) is 31.3 Å². The smallest absolute Gasteiger partial charge is 0.314 e. The van der Waals surface area contributed by atoms with Crippen LogP contribution in [0.3, 0.4) is 0 Å². The summed E-state index contributed by atoms with van der Waals surface area (Å²) >= 11 is 0. The van der Waals surface area contributed by atoms with Crippen molar-refractivity contribution in [3.8, 4) is 5.75 Å². The van der Waals surface area contributed by atoms with Crippen LogP contribution in [-0.2, 0) is 20.7 Å². The third-order valence-corrected chi connectivity index (χ3v) is 3.15. The minimum Gasteiger partial charge on any atom is -0.497 e. The van der Waals surface area contributed by atoms with Crippen LogP contribution in [0.4, 0.5) is 0 Å². The Morgan fingerprint density at radius 2 is 1.91 bits per heavy atom. The number of benzene rings is 1. The Morgan fingerprint density at radius 1 is 1.27 bits per heavy atom. The second-order valence-corrected chi connectivity index (χ2v) is 4.79. The molecular formula is C16H22N2O4. The molecule has 0 unspecified atom stereocenters. The standard InChI is InChI=1S/C16H22N2O4/c1-5-22-16(20)11(2)12(3)17-18-15(19)10-13-6-8-14(21-4)9-7-13/h6-9,11H,5,10H2,1-4H3,(H,18,19)/t11-/m1/s1. The van der Waals surface area contributed by atoms with Gasteiger partial charge in [-0.25, -0.2) is 5.43 Å². The Balaban J connectivity index is 2.53. The number of hydrazone groups is 1. The highest BCUT2D eigenvalue weighted by Gasteiger charge is 2.17. The molecule has 0 spiro atoms. The number of esters is 1. The molecule has 0 aromatic heterocycles. The van der Waals surface area contributed by atoms with Crippen molar-refractivity contribution in [2.75, 3.05) is 13.7 Å². The largest absolute Gasteiger partial charge is 0.497 e. The second-order valence-electron chi connectivity index (χ2n) is 4.79. The van der Waals surface area contributed by atoms with E-state index in [1.165, 1.54) is 0 Å². The molecule has 1 amide bonds. The predicted molar refractivity (Wildman–Crippen MR) is 83.7 cm³/mol. The van der Waals surface area contributed by atoms with Crippen molar-refractivity contribution in [3.63, 3.8) is 0 Å². The van der Waals surface area contributed by atoms with E-state index < -0.39 is 5.92 Å². The first-order valence-corrected chi connectivity index (χ1v) is 7.10. The average molecular weight is 306 g/mol. The van der Waals surface area contributed by atoms with Crippen molar-refractivity contribution in [1.29, 1.82) is 0 Å². The van der Waals surface area contributed by atoms with Gasteiger partial charge >= 0.3 is 5.97 Å². The van der Waals surface area contributed by atoms with Crippen LogP contribution in [0.1, 0.15) is 26.3 Å². The molecule has 1 N–H and O–H groups in total. The molecule has 6 nitrogen and oxygen atoms in total. The fraction of sp³-hybridized carbons (Fsp3) is 0.438. The summed E-state index contributed by atoms with van der Waals surface area (Å²) in [7, 11) is 1.59. The summed E-state index contributed by atoms with van der Waals surface area (Å²) in [6, 6.07) is 7.21. The van der Waals surface area contributed by atoms with E-state index in [9.17, 15) is 9.59 Å². The molecule has 1 aromatic carbocycles. The monoisotopic (exact) mass is 306 g/mol. The lowest BCUT2D eigenvalue weighted by atomic mass is 10.1. The van der Waals surface area contributed by atoms with Crippen LogP contribution in [0.2, 0.25) is 0 Å². The topological polar surface area (TPSA) is 77.0 Å². The molecule has 1 atom stereocenters. The van der Waals surface area contributed by atoms with Gasteiger partial charge in [0.15, 0.2) is 0 Å². The summed E-state index contributed by atoms with van der Waals surface area (Å²) in [5, 5.41) is 3.95. The van der Waals surface area contributed by atoms with Gasteiger partial charge in [-0.3, -0.25) is 9.59 Å². The van der Waals surface area contributed by atoms with E-state index in [4.69, 9.17) is 9.47 Å². The summed E-state index contributed by atoms with van der Waals surface area (Å²) in [4.78, 5) is 23.4. The maximum absolute atomic E-state index is 11.8. The summed E-state index contributed by atoms with van der Waals surface area (Å²) in [6.45, 7) is 5.43. The Morgan fingerprint density at radius 3 is 2.45 bits per heavy atom. The summed E-state index contributed by atoms with van der Waals surface area (Å²) in [5.41, 5.74) is 3.80. The number of rotatable bonds is 7. The number of amides is 1. The first-order valence-electron chi connectivity index (χ1n) is 7.10. The number of nitrogens with zero attached hydrogens (tertiary/aromatic N) is 1. The van der Waals surface area contributed by atoms with Crippen molar-refractivity contribution in [2.45, 2.75) is 27.2 Å². The van der Waals surface area contributed by atoms with Gasteiger partial charge in [0.25, 0.3) is 0 Å². The SMILES string of the molecule is CCOC(=O)[C@H](C)C(C)=NNC(=O)Cc1ccc(OC)cc1. The molecular weight excluding hydrogens is 284 g/mol. The zero-order valence-corrected chi connectivity index (χ0v) is 13.4. The highest BCUT2D eigenvalue weighted by atomic mass is 16.5. The molecule has 0 heterocycles. The first-order chi connectivity index (χ1) is 10.5. The average Bonchev–Trinajstić information content (AvgIpc) is 2.52. The van der Waals surface area contributed by atoms with Gasteiger partial charge in [0.1, 0.15) is 5.75 Å². The zero-order chi connectivity index (χ0) is 16.5. The van der Waals surface area contributed by atoms with Gasteiger partial charge in [-0.2, -0.15) is 5.10 Å². The van der Waals surface area contributed by atoms with Crippen LogP contribution in [0, 0.1) is 5.92 Å². The number of ether oxygens (including phenoxy) is 2. The Hall–Kier alpha value is -2.37. The molecule has 1 aromatic rings. The molecule has 0 fully saturated rings. The molecule has 6 heteroatoms. The normalized spacial score (nSPS) is 12.5. The number of hydrogen-bond acceptors (Lipinski definition) is 5. The lowest BCUT2D eigenvalue weighted by Gasteiger charge is -2.10. The highest BCUT2D eigenvalue weighted by molar-refractivity contribution is 6.00. The van der Waals surface area contributed by atoms with Crippen LogP contribution >= 0.6 is 0 Å². The van der Waals surface area contributed by atoms with E-state index in [-0.39, 0.29) is 18.3 Å². The van der Waals surface area contributed by atoms with Crippen LogP contribution in [0.25, 0.3) is 0 Å². The third-order valence-electron chi connectivity index (χ3n) is 3.15. The van der Waals surface area contributed by atoms with Gasteiger partial charge in [0.2, 0.25) is 5.91 Å². The molecule has 0 radical (unpaired) electrons. The molecule has 0 aliphatic heterocycles. The van der Waals surface area contributed by atoms with Gasteiger partial charge in [-0.1, -0.05) is 12.1 Å². The third kappa shape index (κ3) is 5.55. The lowest BCUT2D eigenvalue weighted by Crippen LogP contribution is -2.26. The highest BCUT2D eigenvalue weighted by Crippen LogP contribution is 2.11. The molecule has 0 saturated carbocycles. The van der Waals surface area contributed by atoms with Crippen LogP contribution < -0.4 is 10.2 Å². The van der Waals surface area contributed by atoms with E-state index in [1.807, 2.05) is 12.1 Å². The quantitative estimate of drug-likeness (QED) is 0.474. The van der Waals surface area contributed by atoms with Crippen molar-refractivity contribution >= 4 is 17.6 Å². The summed E-state index contributed by atoms with van der Waals surface area (Å²) in [6.07, 6.45) is 0.203. The molecule has 0 aliphatic carbocycles. The number of carbonyl (C=O) groups excluding carboxylic acids is 2. The van der Waals surface area contributed by atoms with Crippen LogP contribution in [0.5, 0.6) is 5.75 Å². The van der Waals surface area contributed by atoms with Crippen molar-refractivity contribution < 1.29 is 19.1 Å². The Bertz CT molecular complexity index is 538. The van der Waals surface area contributed by atoms with Gasteiger partial charge < -0.3 is 9.47 Å². The van der Waals surface area contributed by atoms with E-state index in [1.54, 1.807) is 40.0 Å². The Labute approximate surface area is 130 Å². The minimum absolute atomic E-state index is 0.203. The summed E-state index contributed by atoms with van der Waals surface area (Å²) in [5.74, 6) is -0.351. The number of methoxy groups -OCH3 is 1. The predicted octanol–water partition coefficient (Wildman–Crippen LogP) is 1.93. The maximum atomic E-state index is 11.8. The number of hydrogen-bond donors (Lipinski definition) is 1. The van der Waals surface area contributed by atoms with E-state index in [0.29, 0.717) is 12.3 Å². The summed E-state index contributed by atoms with van der Waals surface area (Å²) < 4.78 is 9.96. The number of carbonyl (C=O) groups is 2. The zero-order valence-electron chi connectivity index (χ0n) is 13.4. The van der Waals surface area contributed by atoms with Gasteiger partial charge in [-0.05, 0) is 38.5 Å². The van der Waals surface area contributed by atoms with E-state index in [2.05, 4.69) is 10.5 Å². The molecule has 0 saturated heterocycles. The van der Waals surface area contributed by atoms with Crippen molar-refractivity contribution in [1.82, 2.24) is 5.43 Å². The van der Waals surface area contributed by atoms with Crippen molar-refractivity contribution in [2.24, 2.45) is 11.0 Å². The van der Waals surface area contributed by atoms with Gasteiger partial charge in [0.05, 0.1) is 26.1 Å². The molecule has 0 aliphatic rings. The first kappa shape index (κ1) is 17.7. The van der Waals surface area contributed by atoms with E-state index in [0.717, 1.165) is 11.3 Å². The number of nitrogens with one attached hydrogen (secondary N) is 1. The molecule has 120 valence electrons. The molecule has 1 rings (SSSR count). The fourth-order valence-electron chi connectivity index (χ4n) is 1.65. The van der Waals surface area contributed by atoms with Gasteiger partial charge in [-0.15, -0.1) is 0 Å². The minimum atomic E-state index is -0.485. The second kappa shape index (κ2) is 8.81. The van der Waals surface area contributed by atoms with Gasteiger partial charge in [0, 0.05) is 5.71 Å². The van der Waals surface area contributed by atoms with Crippen LogP contribution in [0.15, 0.2) is 29.4 Å². The molecule has 0 bridgehead atoms. The van der Waals surface area contributed by atoms with E-state index >= 15 is 0 Å².